The first-order valence-corrected chi connectivity index (χ1v) is 8.56. The van der Waals surface area contributed by atoms with Crippen molar-refractivity contribution in [1.29, 1.82) is 0 Å². The molecule has 0 amide bonds. The van der Waals surface area contributed by atoms with E-state index in [2.05, 4.69) is 9.88 Å². The minimum Gasteiger partial charge on any atom is -0.477 e. The van der Waals surface area contributed by atoms with E-state index in [1.54, 1.807) is 22.1 Å². The molecule has 0 atom stereocenters. The third kappa shape index (κ3) is 3.44. The molecule has 2 aromatic rings. The lowest BCUT2D eigenvalue weighted by atomic mass is 10.1. The number of hydrogen-bond acceptors (Lipinski definition) is 5. The lowest BCUT2D eigenvalue weighted by molar-refractivity contribution is 0.0685. The summed E-state index contributed by atoms with van der Waals surface area (Å²) in [5, 5.41) is 12.2. The van der Waals surface area contributed by atoms with Crippen LogP contribution >= 0.6 is 11.3 Å². The Morgan fingerprint density at radius 2 is 2.04 bits per heavy atom. The summed E-state index contributed by atoms with van der Waals surface area (Å²) in [7, 11) is 0. The van der Waals surface area contributed by atoms with Gasteiger partial charge in [-0.3, -0.25) is 4.79 Å². The number of aromatic nitrogens is 2. The summed E-state index contributed by atoms with van der Waals surface area (Å²) in [6.45, 7) is 3.86. The van der Waals surface area contributed by atoms with Crippen LogP contribution in [0.1, 0.15) is 52.7 Å². The fourth-order valence-corrected chi connectivity index (χ4v) is 3.66. The first-order valence-electron chi connectivity index (χ1n) is 7.68. The number of rotatable bonds is 5. The Kier molecular flexibility index (Phi) is 4.47. The third-order valence-corrected chi connectivity index (χ3v) is 4.97. The molecule has 1 N–H and O–H groups in total. The fourth-order valence-electron chi connectivity index (χ4n) is 2.79. The van der Waals surface area contributed by atoms with Crippen LogP contribution in [0.3, 0.4) is 0 Å². The largest absolute Gasteiger partial charge is 0.477 e. The molecule has 122 valence electrons. The second-order valence-electron chi connectivity index (χ2n) is 5.77. The van der Waals surface area contributed by atoms with Crippen molar-refractivity contribution in [1.82, 2.24) is 9.55 Å². The highest BCUT2D eigenvalue weighted by atomic mass is 32.1. The maximum absolute atomic E-state index is 11.5. The number of thiazole rings is 1. The highest BCUT2D eigenvalue weighted by Crippen LogP contribution is 2.25. The van der Waals surface area contributed by atoms with Crippen LogP contribution in [0, 0.1) is 0 Å². The molecule has 6 nitrogen and oxygen atoms in total. The minimum absolute atomic E-state index is 0.114. The Hall–Kier alpha value is -2.15. The average molecular weight is 333 g/mol. The number of hydrogen-bond donors (Lipinski definition) is 1. The molecule has 1 aliphatic heterocycles. The van der Waals surface area contributed by atoms with Gasteiger partial charge in [-0.1, -0.05) is 0 Å². The molecule has 0 aliphatic carbocycles. The number of Topliss-reactive ketones (excluding diaryl/α,β-unsaturated/α-hetero) is 1. The van der Waals surface area contributed by atoms with Gasteiger partial charge in [0.15, 0.2) is 10.9 Å². The normalized spacial score (nSPS) is 14.9. The maximum atomic E-state index is 11.5. The molecule has 0 radical (unpaired) electrons. The summed E-state index contributed by atoms with van der Waals surface area (Å²) < 4.78 is 1.58. The van der Waals surface area contributed by atoms with Gasteiger partial charge in [0.2, 0.25) is 0 Å². The number of piperidine rings is 1. The standard InChI is InChI=1S/C16H19N3O3S/c1-11(20)12-7-14(15(21)22)19(8-12)9-13-10-23-16(17-13)18-5-3-2-4-6-18/h7-8,10H,2-6,9H2,1H3,(H,21,22). The van der Waals surface area contributed by atoms with Crippen molar-refractivity contribution in [3.63, 3.8) is 0 Å². The minimum atomic E-state index is -1.04. The third-order valence-electron chi connectivity index (χ3n) is 4.02. The van der Waals surface area contributed by atoms with E-state index in [1.165, 1.54) is 32.3 Å². The van der Waals surface area contributed by atoms with E-state index >= 15 is 0 Å². The monoisotopic (exact) mass is 333 g/mol. The van der Waals surface area contributed by atoms with Gasteiger partial charge in [0.1, 0.15) is 5.69 Å². The molecular formula is C16H19N3O3S. The van der Waals surface area contributed by atoms with E-state index in [1.807, 2.05) is 5.38 Å². The molecule has 0 saturated carbocycles. The van der Waals surface area contributed by atoms with Crippen LogP contribution in [0.15, 0.2) is 17.6 Å². The summed E-state index contributed by atoms with van der Waals surface area (Å²) in [6, 6.07) is 1.42. The van der Waals surface area contributed by atoms with Gasteiger partial charge in [-0.05, 0) is 32.3 Å². The molecule has 1 fully saturated rings. The molecule has 7 heteroatoms. The molecule has 0 bridgehead atoms. The van der Waals surface area contributed by atoms with Crippen LogP contribution in [0.5, 0.6) is 0 Å². The van der Waals surface area contributed by atoms with Crippen molar-refractivity contribution in [2.24, 2.45) is 0 Å². The fraction of sp³-hybridized carbons (Fsp3) is 0.438. The highest BCUT2D eigenvalue weighted by Gasteiger charge is 2.17. The second-order valence-corrected chi connectivity index (χ2v) is 6.61. The molecule has 2 aromatic heterocycles. The molecule has 3 heterocycles. The van der Waals surface area contributed by atoms with Crippen molar-refractivity contribution in [2.75, 3.05) is 18.0 Å². The van der Waals surface area contributed by atoms with Crippen LogP contribution in [-0.4, -0.2) is 39.5 Å². The van der Waals surface area contributed by atoms with Gasteiger partial charge in [0.05, 0.1) is 12.2 Å². The van der Waals surface area contributed by atoms with Crippen LogP contribution in [0.25, 0.3) is 0 Å². The smallest absolute Gasteiger partial charge is 0.352 e. The van der Waals surface area contributed by atoms with E-state index in [0.717, 1.165) is 23.9 Å². The van der Waals surface area contributed by atoms with Gasteiger partial charge >= 0.3 is 5.97 Å². The SMILES string of the molecule is CC(=O)c1cc(C(=O)O)n(Cc2csc(N3CCCCC3)n2)c1. The van der Waals surface area contributed by atoms with E-state index in [0.29, 0.717) is 12.1 Å². The molecule has 0 unspecified atom stereocenters. The Balaban J connectivity index is 1.80. The predicted octanol–water partition coefficient (Wildman–Crippen LogP) is 2.88. The van der Waals surface area contributed by atoms with Crippen LogP contribution in [-0.2, 0) is 6.54 Å². The molecule has 1 aliphatic rings. The number of nitrogens with zero attached hydrogens (tertiary/aromatic N) is 3. The van der Waals surface area contributed by atoms with Crippen molar-refractivity contribution >= 4 is 28.2 Å². The van der Waals surface area contributed by atoms with E-state index < -0.39 is 5.97 Å². The zero-order valence-electron chi connectivity index (χ0n) is 13.0. The number of carbonyl (C=O) groups excluding carboxylic acids is 1. The molecule has 0 aromatic carbocycles. The van der Waals surface area contributed by atoms with Gasteiger partial charge in [0, 0.05) is 30.2 Å². The number of carbonyl (C=O) groups is 2. The number of anilines is 1. The summed E-state index contributed by atoms with van der Waals surface area (Å²) in [5.74, 6) is -1.18. The lowest BCUT2D eigenvalue weighted by Gasteiger charge is -2.25. The Morgan fingerprint density at radius 1 is 1.30 bits per heavy atom. The summed E-state index contributed by atoms with van der Waals surface area (Å²) in [5.41, 5.74) is 1.35. The van der Waals surface area contributed by atoms with Gasteiger partial charge in [-0.15, -0.1) is 11.3 Å². The number of aromatic carboxylic acids is 1. The van der Waals surface area contributed by atoms with E-state index in [4.69, 9.17) is 0 Å². The molecular weight excluding hydrogens is 314 g/mol. The second kappa shape index (κ2) is 6.54. The van der Waals surface area contributed by atoms with E-state index in [-0.39, 0.29) is 11.5 Å². The van der Waals surface area contributed by atoms with Gasteiger partial charge in [-0.2, -0.15) is 0 Å². The molecule has 3 rings (SSSR count). The van der Waals surface area contributed by atoms with Gasteiger partial charge in [-0.25, -0.2) is 9.78 Å². The van der Waals surface area contributed by atoms with Crippen molar-refractivity contribution in [2.45, 2.75) is 32.7 Å². The number of carboxylic acids is 1. The summed E-state index contributed by atoms with van der Waals surface area (Å²) >= 11 is 1.59. The maximum Gasteiger partial charge on any atom is 0.352 e. The Labute approximate surface area is 138 Å². The molecule has 0 spiro atoms. The highest BCUT2D eigenvalue weighted by molar-refractivity contribution is 7.13. The van der Waals surface area contributed by atoms with Crippen molar-refractivity contribution in [3.05, 3.63) is 34.6 Å². The van der Waals surface area contributed by atoms with Crippen LogP contribution < -0.4 is 4.90 Å². The zero-order valence-corrected chi connectivity index (χ0v) is 13.8. The van der Waals surface area contributed by atoms with Crippen molar-refractivity contribution < 1.29 is 14.7 Å². The first-order chi connectivity index (χ1) is 11.0. The van der Waals surface area contributed by atoms with E-state index in [9.17, 15) is 14.7 Å². The van der Waals surface area contributed by atoms with Crippen molar-refractivity contribution in [3.8, 4) is 0 Å². The molecule has 1 saturated heterocycles. The first kappa shape index (κ1) is 15.7. The van der Waals surface area contributed by atoms with Gasteiger partial charge in [0.25, 0.3) is 0 Å². The summed E-state index contributed by atoms with van der Waals surface area (Å²) in [6.07, 6.45) is 5.24. The predicted molar refractivity (Wildman–Crippen MR) is 88.7 cm³/mol. The van der Waals surface area contributed by atoms with Gasteiger partial charge < -0.3 is 14.6 Å². The Bertz CT molecular complexity index is 729. The summed E-state index contributed by atoms with van der Waals surface area (Å²) in [4.78, 5) is 29.7. The topological polar surface area (TPSA) is 75.4 Å². The zero-order chi connectivity index (χ0) is 16.4. The number of ketones is 1. The van der Waals surface area contributed by atoms with Crippen LogP contribution in [0.4, 0.5) is 5.13 Å². The Morgan fingerprint density at radius 3 is 2.70 bits per heavy atom. The van der Waals surface area contributed by atoms with Crippen LogP contribution in [0.2, 0.25) is 0 Å². The average Bonchev–Trinajstić information content (AvgIpc) is 3.16. The lowest BCUT2D eigenvalue weighted by Crippen LogP contribution is -2.29. The number of carboxylic acid groups (broad SMARTS) is 1. The quantitative estimate of drug-likeness (QED) is 0.852. The molecule has 23 heavy (non-hydrogen) atoms.